The quantitative estimate of drug-likeness (QED) is 0.855. The van der Waals surface area contributed by atoms with E-state index in [1.807, 2.05) is 17.9 Å². The molecule has 4 rings (SSSR count). The number of anilines is 1. The summed E-state index contributed by atoms with van der Waals surface area (Å²) in [5, 5.41) is 11.5. The van der Waals surface area contributed by atoms with E-state index in [0.29, 0.717) is 23.1 Å². The predicted octanol–water partition coefficient (Wildman–Crippen LogP) is 4.13. The van der Waals surface area contributed by atoms with Crippen LogP contribution in [-0.2, 0) is 0 Å². The topological polar surface area (TPSA) is 73.2 Å². The Morgan fingerprint density at radius 3 is 2.52 bits per heavy atom. The molecule has 1 saturated carbocycles. The number of carbonyl (C=O) groups excluding carboxylic acids is 2. The maximum absolute atomic E-state index is 14.1. The molecule has 2 atom stereocenters. The van der Waals surface area contributed by atoms with Gasteiger partial charge in [0.1, 0.15) is 5.82 Å². The van der Waals surface area contributed by atoms with Gasteiger partial charge in [-0.1, -0.05) is 12.5 Å². The van der Waals surface area contributed by atoms with Crippen molar-refractivity contribution in [3.05, 3.63) is 64.5 Å². The highest BCUT2D eigenvalue weighted by atomic mass is 19.1. The van der Waals surface area contributed by atoms with Gasteiger partial charge in [-0.25, -0.2) is 4.39 Å². The van der Waals surface area contributed by atoms with Crippen LogP contribution in [0.25, 0.3) is 0 Å². The van der Waals surface area contributed by atoms with Gasteiger partial charge in [0.2, 0.25) is 0 Å². The molecule has 29 heavy (non-hydrogen) atoms. The molecule has 1 aliphatic heterocycles. The minimum Gasteiger partial charge on any atom is -0.338 e. The maximum Gasteiger partial charge on any atom is 0.258 e. The smallest absolute Gasteiger partial charge is 0.258 e. The largest absolute Gasteiger partial charge is 0.338 e. The van der Waals surface area contributed by atoms with Gasteiger partial charge in [-0.15, -0.1) is 0 Å². The monoisotopic (exact) mass is 391 g/mol. The van der Waals surface area contributed by atoms with E-state index in [1.54, 1.807) is 18.2 Å². The van der Waals surface area contributed by atoms with Crippen molar-refractivity contribution in [2.75, 3.05) is 18.4 Å². The minimum absolute atomic E-state index is 0.0283. The highest BCUT2D eigenvalue weighted by Gasteiger charge is 2.38. The van der Waals surface area contributed by atoms with E-state index in [1.165, 1.54) is 31.4 Å². The lowest BCUT2D eigenvalue weighted by molar-refractivity contribution is 0.0780. The van der Waals surface area contributed by atoms with Crippen molar-refractivity contribution in [2.24, 2.45) is 11.8 Å². The molecule has 5 nitrogen and oxygen atoms in total. The average Bonchev–Trinajstić information content (AvgIpc) is 3.31. The Labute approximate surface area is 169 Å². The Balaban J connectivity index is 1.52. The summed E-state index contributed by atoms with van der Waals surface area (Å²) in [6, 6.07) is 10.8. The number of nitrogens with one attached hydrogen (secondary N) is 1. The average molecular weight is 391 g/mol. The fourth-order valence-electron chi connectivity index (χ4n) is 4.43. The molecule has 2 aromatic carbocycles. The molecule has 148 valence electrons. The van der Waals surface area contributed by atoms with Crippen LogP contribution in [0.1, 0.15) is 51.1 Å². The van der Waals surface area contributed by atoms with E-state index in [0.717, 1.165) is 24.7 Å². The molecule has 2 aromatic rings. The van der Waals surface area contributed by atoms with Crippen LogP contribution in [0.5, 0.6) is 0 Å². The van der Waals surface area contributed by atoms with Gasteiger partial charge in [0.25, 0.3) is 11.8 Å². The van der Waals surface area contributed by atoms with Crippen molar-refractivity contribution in [1.29, 1.82) is 5.26 Å². The van der Waals surface area contributed by atoms with Crippen LogP contribution in [-0.4, -0.2) is 29.8 Å². The van der Waals surface area contributed by atoms with Gasteiger partial charge in [0.05, 0.1) is 17.2 Å². The van der Waals surface area contributed by atoms with Gasteiger partial charge in [-0.2, -0.15) is 5.26 Å². The number of aryl methyl sites for hydroxylation is 1. The highest BCUT2D eigenvalue weighted by Crippen LogP contribution is 2.38. The summed E-state index contributed by atoms with van der Waals surface area (Å²) in [4.78, 5) is 27.4. The second-order valence-corrected chi connectivity index (χ2v) is 7.95. The molecule has 2 fully saturated rings. The van der Waals surface area contributed by atoms with Crippen molar-refractivity contribution in [2.45, 2.75) is 26.2 Å². The first-order valence-corrected chi connectivity index (χ1v) is 9.87. The normalized spacial score (nSPS) is 20.2. The standard InChI is InChI=1S/C23H22FN3O2/c1-14-5-7-16(23(29)27-12-17-3-2-4-18(17)13-27)10-21(14)26-22(28)19-8-6-15(11-25)9-20(19)24/h5-10,17-18H,2-4,12-13H2,1H3,(H,26,28)/t17-,18+. The lowest BCUT2D eigenvalue weighted by Gasteiger charge is -2.18. The summed E-state index contributed by atoms with van der Waals surface area (Å²) in [6.07, 6.45) is 3.64. The minimum atomic E-state index is -0.755. The lowest BCUT2D eigenvalue weighted by atomic mass is 10.0. The van der Waals surface area contributed by atoms with E-state index in [9.17, 15) is 14.0 Å². The third-order valence-electron chi connectivity index (χ3n) is 6.09. The Morgan fingerprint density at radius 1 is 1.14 bits per heavy atom. The second kappa shape index (κ2) is 7.67. The number of halogens is 1. The van der Waals surface area contributed by atoms with Crippen LogP contribution in [0, 0.1) is 35.9 Å². The van der Waals surface area contributed by atoms with E-state index in [4.69, 9.17) is 5.26 Å². The molecule has 2 amide bonds. The molecule has 2 aliphatic rings. The molecule has 0 radical (unpaired) electrons. The number of rotatable bonds is 3. The highest BCUT2D eigenvalue weighted by molar-refractivity contribution is 6.05. The van der Waals surface area contributed by atoms with Crippen LogP contribution < -0.4 is 5.32 Å². The molecule has 0 unspecified atom stereocenters. The third kappa shape index (κ3) is 3.73. The summed E-state index contributed by atoms with van der Waals surface area (Å²) >= 11 is 0. The predicted molar refractivity (Wildman–Crippen MR) is 107 cm³/mol. The first-order valence-electron chi connectivity index (χ1n) is 9.87. The number of likely N-dealkylation sites (tertiary alicyclic amines) is 1. The molecule has 6 heteroatoms. The van der Waals surface area contributed by atoms with Crippen LogP contribution >= 0.6 is 0 Å². The molecule has 0 spiro atoms. The molecule has 0 aromatic heterocycles. The van der Waals surface area contributed by atoms with E-state index in [2.05, 4.69) is 5.32 Å². The van der Waals surface area contributed by atoms with E-state index >= 15 is 0 Å². The van der Waals surface area contributed by atoms with E-state index in [-0.39, 0.29) is 17.0 Å². The molecule has 1 heterocycles. The molecular formula is C23H22FN3O2. The number of benzene rings is 2. The Morgan fingerprint density at radius 2 is 1.86 bits per heavy atom. The number of hydrogen-bond donors (Lipinski definition) is 1. The molecular weight excluding hydrogens is 369 g/mol. The molecule has 1 saturated heterocycles. The lowest BCUT2D eigenvalue weighted by Crippen LogP contribution is -2.29. The first-order chi connectivity index (χ1) is 14.0. The third-order valence-corrected chi connectivity index (χ3v) is 6.09. The summed E-state index contributed by atoms with van der Waals surface area (Å²) in [5.74, 6) is -0.171. The van der Waals surface area contributed by atoms with Crippen LogP contribution in [0.15, 0.2) is 36.4 Å². The number of nitriles is 1. The number of fused-ring (bicyclic) bond motifs is 1. The fraction of sp³-hybridized carbons (Fsp3) is 0.348. The van der Waals surface area contributed by atoms with Crippen molar-refractivity contribution < 1.29 is 14.0 Å². The summed E-state index contributed by atoms with van der Waals surface area (Å²) in [7, 11) is 0. The molecule has 1 N–H and O–H groups in total. The first kappa shape index (κ1) is 19.1. The van der Waals surface area contributed by atoms with Crippen LogP contribution in [0.2, 0.25) is 0 Å². The number of hydrogen-bond acceptors (Lipinski definition) is 3. The number of amides is 2. The zero-order valence-electron chi connectivity index (χ0n) is 16.2. The molecule has 1 aliphatic carbocycles. The summed E-state index contributed by atoms with van der Waals surface area (Å²) in [6.45, 7) is 3.42. The van der Waals surface area contributed by atoms with Crippen LogP contribution in [0.4, 0.5) is 10.1 Å². The van der Waals surface area contributed by atoms with Gasteiger partial charge < -0.3 is 10.2 Å². The van der Waals surface area contributed by atoms with Crippen molar-refractivity contribution in [3.8, 4) is 6.07 Å². The Kier molecular flexibility index (Phi) is 5.06. The van der Waals surface area contributed by atoms with Gasteiger partial charge in [0, 0.05) is 24.3 Å². The van der Waals surface area contributed by atoms with Crippen LogP contribution in [0.3, 0.4) is 0 Å². The van der Waals surface area contributed by atoms with Gasteiger partial charge in [-0.3, -0.25) is 9.59 Å². The van der Waals surface area contributed by atoms with Crippen molar-refractivity contribution in [1.82, 2.24) is 4.90 Å². The van der Waals surface area contributed by atoms with Gasteiger partial charge in [0.15, 0.2) is 0 Å². The van der Waals surface area contributed by atoms with Crippen molar-refractivity contribution in [3.63, 3.8) is 0 Å². The summed E-state index contributed by atoms with van der Waals surface area (Å²) in [5.41, 5.74) is 1.78. The summed E-state index contributed by atoms with van der Waals surface area (Å²) < 4.78 is 14.1. The fourth-order valence-corrected chi connectivity index (χ4v) is 4.43. The van der Waals surface area contributed by atoms with Gasteiger partial charge in [-0.05, 0) is 67.5 Å². The maximum atomic E-state index is 14.1. The van der Waals surface area contributed by atoms with E-state index < -0.39 is 11.7 Å². The number of nitrogens with zero attached hydrogens (tertiary/aromatic N) is 2. The molecule has 0 bridgehead atoms. The number of carbonyl (C=O) groups is 2. The van der Waals surface area contributed by atoms with Crippen molar-refractivity contribution >= 4 is 17.5 Å². The Bertz CT molecular complexity index is 1020. The zero-order chi connectivity index (χ0) is 20.5. The second-order valence-electron chi connectivity index (χ2n) is 7.95. The Hall–Kier alpha value is -3.20. The van der Waals surface area contributed by atoms with Gasteiger partial charge >= 0.3 is 0 Å². The SMILES string of the molecule is Cc1ccc(C(=O)N2C[C@H]3CCC[C@H]3C2)cc1NC(=O)c1ccc(C#N)cc1F. The zero-order valence-corrected chi connectivity index (χ0v) is 16.2.